The summed E-state index contributed by atoms with van der Waals surface area (Å²) >= 11 is 0. The highest BCUT2D eigenvalue weighted by Gasteiger charge is 1.82. The molecule has 76 valence electrons. The van der Waals surface area contributed by atoms with E-state index in [1.807, 2.05) is 12.1 Å². The Morgan fingerprint density at radius 2 is 1.71 bits per heavy atom. The van der Waals surface area contributed by atoms with Crippen LogP contribution < -0.4 is 0 Å². The highest BCUT2D eigenvalue weighted by Crippen LogP contribution is 2.02. The quantitative estimate of drug-likeness (QED) is 0.335. The Hall–Kier alpha value is -1.29. The maximum atomic E-state index is 8.22. The first-order valence-electron chi connectivity index (χ1n) is 5.22. The first-order valence-corrected chi connectivity index (χ1v) is 5.22. The van der Waals surface area contributed by atoms with Gasteiger partial charge in [0, 0.05) is 6.08 Å². The highest BCUT2D eigenvalue weighted by molar-refractivity contribution is 5.04. The van der Waals surface area contributed by atoms with Crippen molar-refractivity contribution in [3.05, 3.63) is 36.5 Å². The second-order valence-electron chi connectivity index (χ2n) is 3.09. The SMILES string of the molecule is C/C=C/CCCC/C=C/C/C=C/C#N. The van der Waals surface area contributed by atoms with E-state index in [0.717, 1.165) is 12.8 Å². The zero-order chi connectivity index (χ0) is 10.5. The highest BCUT2D eigenvalue weighted by atomic mass is 14.2. The zero-order valence-corrected chi connectivity index (χ0v) is 8.95. The van der Waals surface area contributed by atoms with Gasteiger partial charge >= 0.3 is 0 Å². The van der Waals surface area contributed by atoms with Crippen LogP contribution in [0.25, 0.3) is 0 Å². The standard InChI is InChI=1S/C13H19N/c1-2-3-4-5-6-7-8-9-10-11-12-13-14/h2-3,8-9,11-12H,4-7,10H2,1H3/b3-2+,9-8+,12-11+. The van der Waals surface area contributed by atoms with Crippen LogP contribution in [0.15, 0.2) is 36.5 Å². The van der Waals surface area contributed by atoms with Crippen molar-refractivity contribution in [2.45, 2.75) is 39.0 Å². The average molecular weight is 189 g/mol. The van der Waals surface area contributed by atoms with Gasteiger partial charge in [-0.15, -0.1) is 0 Å². The molecular formula is C13H19N. The number of rotatable bonds is 7. The van der Waals surface area contributed by atoms with Crippen molar-refractivity contribution < 1.29 is 0 Å². The molecule has 0 N–H and O–H groups in total. The van der Waals surface area contributed by atoms with Gasteiger partial charge in [-0.2, -0.15) is 5.26 Å². The fraction of sp³-hybridized carbons (Fsp3) is 0.462. The summed E-state index contributed by atoms with van der Waals surface area (Å²) in [6.45, 7) is 2.06. The maximum absolute atomic E-state index is 8.22. The van der Waals surface area contributed by atoms with E-state index in [9.17, 15) is 0 Å². The van der Waals surface area contributed by atoms with Gasteiger partial charge in [-0.3, -0.25) is 0 Å². The van der Waals surface area contributed by atoms with Crippen LogP contribution in [0, 0.1) is 11.3 Å². The van der Waals surface area contributed by atoms with Gasteiger partial charge in [0.1, 0.15) is 0 Å². The lowest BCUT2D eigenvalue weighted by atomic mass is 10.1. The number of nitriles is 1. The summed E-state index contributed by atoms with van der Waals surface area (Å²) in [4.78, 5) is 0. The Morgan fingerprint density at radius 1 is 1.00 bits per heavy atom. The molecule has 0 saturated carbocycles. The Labute approximate surface area is 87.4 Å². The molecule has 0 spiro atoms. The molecule has 0 rings (SSSR count). The normalized spacial score (nSPS) is 11.7. The molecule has 0 aromatic rings. The van der Waals surface area contributed by atoms with E-state index < -0.39 is 0 Å². The van der Waals surface area contributed by atoms with Crippen molar-refractivity contribution in [3.8, 4) is 6.07 Å². The van der Waals surface area contributed by atoms with Crippen LogP contribution in [-0.4, -0.2) is 0 Å². The van der Waals surface area contributed by atoms with Crippen LogP contribution in [0.5, 0.6) is 0 Å². The number of allylic oxidation sites excluding steroid dienone is 6. The van der Waals surface area contributed by atoms with Crippen molar-refractivity contribution in [2.24, 2.45) is 0 Å². The molecule has 0 bridgehead atoms. The van der Waals surface area contributed by atoms with E-state index in [4.69, 9.17) is 5.26 Å². The van der Waals surface area contributed by atoms with Crippen molar-refractivity contribution in [1.29, 1.82) is 5.26 Å². The summed E-state index contributed by atoms with van der Waals surface area (Å²) < 4.78 is 0. The van der Waals surface area contributed by atoms with Gasteiger partial charge in [0.2, 0.25) is 0 Å². The van der Waals surface area contributed by atoms with E-state index in [0.29, 0.717) is 0 Å². The molecule has 0 aromatic carbocycles. The smallest absolute Gasteiger partial charge is 0.0908 e. The summed E-state index contributed by atoms with van der Waals surface area (Å²) in [5, 5.41) is 8.22. The number of nitrogens with zero attached hydrogens (tertiary/aromatic N) is 1. The minimum atomic E-state index is 0.877. The third-order valence-corrected chi connectivity index (χ3v) is 1.86. The Kier molecular flexibility index (Phi) is 10.6. The minimum Gasteiger partial charge on any atom is -0.193 e. The predicted octanol–water partition coefficient (Wildman–Crippen LogP) is 4.15. The Balaban J connectivity index is 3.19. The van der Waals surface area contributed by atoms with Gasteiger partial charge < -0.3 is 0 Å². The van der Waals surface area contributed by atoms with Gasteiger partial charge in [0.25, 0.3) is 0 Å². The lowest BCUT2D eigenvalue weighted by molar-refractivity contribution is 0.761. The molecule has 1 nitrogen and oxygen atoms in total. The van der Waals surface area contributed by atoms with Crippen LogP contribution in [0.1, 0.15) is 39.0 Å². The average Bonchev–Trinajstić information content (AvgIpc) is 2.21. The van der Waals surface area contributed by atoms with E-state index >= 15 is 0 Å². The van der Waals surface area contributed by atoms with Crippen LogP contribution in [0.3, 0.4) is 0 Å². The summed E-state index contributed by atoms with van der Waals surface area (Å²) in [5.41, 5.74) is 0. The van der Waals surface area contributed by atoms with E-state index in [1.54, 1.807) is 0 Å². The Morgan fingerprint density at radius 3 is 2.36 bits per heavy atom. The number of hydrogen-bond donors (Lipinski definition) is 0. The molecule has 0 amide bonds. The van der Waals surface area contributed by atoms with Crippen LogP contribution in [-0.2, 0) is 0 Å². The summed E-state index contributed by atoms with van der Waals surface area (Å²) in [6, 6.07) is 1.97. The van der Waals surface area contributed by atoms with Gasteiger partial charge in [-0.1, -0.05) is 30.4 Å². The lowest BCUT2D eigenvalue weighted by Gasteiger charge is -1.91. The molecule has 1 heteroatoms. The maximum Gasteiger partial charge on any atom is 0.0908 e. The van der Waals surface area contributed by atoms with Gasteiger partial charge in [-0.05, 0) is 39.0 Å². The summed E-state index contributed by atoms with van der Waals surface area (Å²) in [5.74, 6) is 0. The largest absolute Gasteiger partial charge is 0.193 e. The molecule has 0 radical (unpaired) electrons. The van der Waals surface area contributed by atoms with Crippen molar-refractivity contribution >= 4 is 0 Å². The molecule has 0 unspecified atom stereocenters. The molecule has 0 aliphatic carbocycles. The third-order valence-electron chi connectivity index (χ3n) is 1.86. The lowest BCUT2D eigenvalue weighted by Crippen LogP contribution is -1.72. The van der Waals surface area contributed by atoms with E-state index in [2.05, 4.69) is 31.2 Å². The van der Waals surface area contributed by atoms with Crippen LogP contribution in [0.4, 0.5) is 0 Å². The first-order chi connectivity index (χ1) is 6.91. The number of hydrogen-bond acceptors (Lipinski definition) is 1. The van der Waals surface area contributed by atoms with E-state index in [-0.39, 0.29) is 0 Å². The summed E-state index contributed by atoms with van der Waals surface area (Å²) in [6.07, 6.45) is 17.8. The molecule has 0 fully saturated rings. The zero-order valence-electron chi connectivity index (χ0n) is 8.95. The molecule has 0 heterocycles. The second kappa shape index (κ2) is 11.7. The third kappa shape index (κ3) is 10.7. The Bertz CT molecular complexity index is 228. The topological polar surface area (TPSA) is 23.8 Å². The fourth-order valence-electron chi connectivity index (χ4n) is 1.10. The monoisotopic (exact) mass is 189 g/mol. The van der Waals surface area contributed by atoms with E-state index in [1.165, 1.54) is 25.3 Å². The van der Waals surface area contributed by atoms with Gasteiger partial charge in [0.05, 0.1) is 6.07 Å². The van der Waals surface area contributed by atoms with Crippen LogP contribution >= 0.6 is 0 Å². The van der Waals surface area contributed by atoms with Crippen molar-refractivity contribution in [3.63, 3.8) is 0 Å². The van der Waals surface area contributed by atoms with Crippen LogP contribution in [0.2, 0.25) is 0 Å². The molecule has 0 atom stereocenters. The van der Waals surface area contributed by atoms with Gasteiger partial charge in [-0.25, -0.2) is 0 Å². The molecular weight excluding hydrogens is 170 g/mol. The molecule has 0 aromatic heterocycles. The minimum absolute atomic E-state index is 0.877. The first kappa shape index (κ1) is 12.7. The number of unbranched alkanes of at least 4 members (excludes halogenated alkanes) is 3. The summed E-state index contributed by atoms with van der Waals surface area (Å²) in [7, 11) is 0. The molecule has 0 aliphatic heterocycles. The fourth-order valence-corrected chi connectivity index (χ4v) is 1.10. The molecule has 14 heavy (non-hydrogen) atoms. The molecule has 0 saturated heterocycles. The second-order valence-corrected chi connectivity index (χ2v) is 3.09. The molecule has 0 aliphatic rings. The van der Waals surface area contributed by atoms with Crippen molar-refractivity contribution in [2.75, 3.05) is 0 Å². The predicted molar refractivity (Wildman–Crippen MR) is 61.8 cm³/mol. The van der Waals surface area contributed by atoms with Crippen molar-refractivity contribution in [1.82, 2.24) is 0 Å². The van der Waals surface area contributed by atoms with Gasteiger partial charge in [0.15, 0.2) is 0 Å².